The van der Waals surface area contributed by atoms with Crippen molar-refractivity contribution in [3.05, 3.63) is 69.3 Å². The third-order valence-electron chi connectivity index (χ3n) is 4.83. The molecular weight excluding hydrogens is 360 g/mol. The van der Waals surface area contributed by atoms with Crippen molar-refractivity contribution in [3.8, 4) is 0 Å². The molecule has 1 aliphatic carbocycles. The van der Waals surface area contributed by atoms with Crippen LogP contribution in [0.4, 0.5) is 11.4 Å². The van der Waals surface area contributed by atoms with Gasteiger partial charge in [-0.05, 0) is 42.7 Å². The quantitative estimate of drug-likeness (QED) is 0.501. The molecule has 3 rings (SSSR count). The molecule has 0 saturated heterocycles. The van der Waals surface area contributed by atoms with Gasteiger partial charge in [-0.2, -0.15) is 0 Å². The van der Waals surface area contributed by atoms with Crippen LogP contribution in [0.2, 0.25) is 0 Å². The number of carbonyl (C=O) groups excluding carboxylic acids is 2. The topological polar surface area (TPSA) is 127 Å². The van der Waals surface area contributed by atoms with E-state index in [4.69, 9.17) is 5.73 Å². The second-order valence-electron chi connectivity index (χ2n) is 6.86. The summed E-state index contributed by atoms with van der Waals surface area (Å²) < 4.78 is 0. The first-order chi connectivity index (χ1) is 13.4. The number of hydrogen-bond donors (Lipinski definition) is 3. The average Bonchev–Trinajstić information content (AvgIpc) is 3.19. The maximum Gasteiger partial charge on any atom is 0.292 e. The predicted molar refractivity (Wildman–Crippen MR) is 105 cm³/mol. The van der Waals surface area contributed by atoms with Gasteiger partial charge in [0.15, 0.2) is 0 Å². The molecule has 0 bridgehead atoms. The third kappa shape index (κ3) is 4.64. The van der Waals surface area contributed by atoms with Crippen molar-refractivity contribution in [2.75, 3.05) is 5.32 Å². The Hall–Kier alpha value is -3.42. The molecule has 1 fully saturated rings. The fraction of sp³-hybridized carbons (Fsp3) is 0.300. The zero-order valence-corrected chi connectivity index (χ0v) is 15.3. The molecule has 0 aliphatic heterocycles. The average molecular weight is 382 g/mol. The molecule has 0 radical (unpaired) electrons. The van der Waals surface area contributed by atoms with Crippen molar-refractivity contribution in [2.45, 2.75) is 38.3 Å². The van der Waals surface area contributed by atoms with Crippen LogP contribution in [0.5, 0.6) is 0 Å². The fourth-order valence-corrected chi connectivity index (χ4v) is 3.36. The van der Waals surface area contributed by atoms with Gasteiger partial charge in [-0.1, -0.05) is 25.0 Å². The number of hydrogen-bond acceptors (Lipinski definition) is 5. The van der Waals surface area contributed by atoms with Gasteiger partial charge in [0.2, 0.25) is 5.91 Å². The lowest BCUT2D eigenvalue weighted by molar-refractivity contribution is -0.384. The van der Waals surface area contributed by atoms with Gasteiger partial charge in [0.1, 0.15) is 5.69 Å². The molecule has 0 spiro atoms. The normalized spacial score (nSPS) is 13.9. The van der Waals surface area contributed by atoms with E-state index in [-0.39, 0.29) is 24.2 Å². The van der Waals surface area contributed by atoms with Gasteiger partial charge in [0.25, 0.3) is 11.6 Å². The highest BCUT2D eigenvalue weighted by Gasteiger charge is 2.21. The Labute approximate surface area is 162 Å². The Morgan fingerprint density at radius 2 is 1.86 bits per heavy atom. The summed E-state index contributed by atoms with van der Waals surface area (Å²) in [6, 6.07) is 11.2. The van der Waals surface area contributed by atoms with Crippen molar-refractivity contribution >= 4 is 23.2 Å². The summed E-state index contributed by atoms with van der Waals surface area (Å²) >= 11 is 0. The Morgan fingerprint density at radius 3 is 2.54 bits per heavy atom. The summed E-state index contributed by atoms with van der Waals surface area (Å²) in [5.41, 5.74) is 7.01. The van der Waals surface area contributed by atoms with E-state index >= 15 is 0 Å². The van der Waals surface area contributed by atoms with Crippen LogP contribution in [0.15, 0.2) is 42.5 Å². The maximum absolute atomic E-state index is 12.5. The van der Waals surface area contributed by atoms with Crippen molar-refractivity contribution in [2.24, 2.45) is 5.73 Å². The minimum absolute atomic E-state index is 0.0439. The van der Waals surface area contributed by atoms with Gasteiger partial charge in [0.05, 0.1) is 4.92 Å². The molecule has 2 amide bonds. The molecule has 4 N–H and O–H groups in total. The maximum atomic E-state index is 12.5. The molecule has 2 aromatic carbocycles. The SMILES string of the molecule is NC(=O)c1cccc(CNC(=O)c2ccc([N+](=O)[O-])c(NC3CCCC3)c2)c1. The van der Waals surface area contributed by atoms with Gasteiger partial charge in [-0.15, -0.1) is 0 Å². The monoisotopic (exact) mass is 382 g/mol. The molecule has 0 unspecified atom stereocenters. The summed E-state index contributed by atoms with van der Waals surface area (Å²) in [6.45, 7) is 0.211. The van der Waals surface area contributed by atoms with Gasteiger partial charge < -0.3 is 16.4 Å². The number of carbonyl (C=O) groups is 2. The lowest BCUT2D eigenvalue weighted by Gasteiger charge is -2.14. The Bertz CT molecular complexity index is 907. The Morgan fingerprint density at radius 1 is 1.11 bits per heavy atom. The van der Waals surface area contributed by atoms with Crippen molar-refractivity contribution in [3.63, 3.8) is 0 Å². The van der Waals surface area contributed by atoms with Crippen LogP contribution >= 0.6 is 0 Å². The standard InChI is InChI=1S/C20H22N4O4/c21-19(25)14-5-3-4-13(10-14)12-22-20(26)15-8-9-18(24(27)28)17(11-15)23-16-6-1-2-7-16/h3-5,8-11,16,23H,1-2,6-7,12H2,(H2,21,25)(H,22,26). The Kier molecular flexibility index (Phi) is 5.88. The second-order valence-corrected chi connectivity index (χ2v) is 6.86. The number of benzene rings is 2. The zero-order valence-electron chi connectivity index (χ0n) is 15.3. The fourth-order valence-electron chi connectivity index (χ4n) is 3.36. The lowest BCUT2D eigenvalue weighted by atomic mass is 10.1. The van der Waals surface area contributed by atoms with E-state index in [0.717, 1.165) is 31.2 Å². The molecule has 1 aliphatic rings. The van der Waals surface area contributed by atoms with Crippen LogP contribution in [0.3, 0.4) is 0 Å². The van der Waals surface area contributed by atoms with E-state index in [2.05, 4.69) is 10.6 Å². The summed E-state index contributed by atoms with van der Waals surface area (Å²) in [4.78, 5) is 34.6. The van der Waals surface area contributed by atoms with Crippen LogP contribution in [0.25, 0.3) is 0 Å². The van der Waals surface area contributed by atoms with Gasteiger partial charge in [-0.25, -0.2) is 0 Å². The van der Waals surface area contributed by atoms with E-state index in [1.54, 1.807) is 24.3 Å². The van der Waals surface area contributed by atoms with Crippen LogP contribution in [-0.4, -0.2) is 22.8 Å². The number of amides is 2. The van der Waals surface area contributed by atoms with Gasteiger partial charge in [0, 0.05) is 29.8 Å². The van der Waals surface area contributed by atoms with Crippen LogP contribution in [0.1, 0.15) is 52.0 Å². The number of nitrogens with two attached hydrogens (primary N) is 1. The van der Waals surface area contributed by atoms with E-state index in [0.29, 0.717) is 16.8 Å². The van der Waals surface area contributed by atoms with Gasteiger partial charge >= 0.3 is 0 Å². The number of rotatable bonds is 7. The van der Waals surface area contributed by atoms with Crippen molar-refractivity contribution < 1.29 is 14.5 Å². The number of nitro benzene ring substituents is 1. The molecule has 8 nitrogen and oxygen atoms in total. The lowest BCUT2D eigenvalue weighted by Crippen LogP contribution is -2.23. The molecule has 0 atom stereocenters. The smallest absolute Gasteiger partial charge is 0.292 e. The van der Waals surface area contributed by atoms with Crippen LogP contribution < -0.4 is 16.4 Å². The van der Waals surface area contributed by atoms with Crippen LogP contribution in [-0.2, 0) is 6.54 Å². The summed E-state index contributed by atoms with van der Waals surface area (Å²) in [6.07, 6.45) is 4.11. The number of nitrogens with one attached hydrogen (secondary N) is 2. The molecule has 146 valence electrons. The molecule has 0 aromatic heterocycles. The minimum Gasteiger partial charge on any atom is -0.377 e. The molecule has 28 heavy (non-hydrogen) atoms. The molecular formula is C20H22N4O4. The number of nitro groups is 1. The van der Waals surface area contributed by atoms with E-state index < -0.39 is 10.8 Å². The van der Waals surface area contributed by atoms with E-state index in [1.807, 2.05) is 0 Å². The highest BCUT2D eigenvalue weighted by Crippen LogP contribution is 2.29. The van der Waals surface area contributed by atoms with E-state index in [1.165, 1.54) is 18.2 Å². The summed E-state index contributed by atoms with van der Waals surface area (Å²) in [5, 5.41) is 17.3. The van der Waals surface area contributed by atoms with Crippen molar-refractivity contribution in [1.29, 1.82) is 0 Å². The van der Waals surface area contributed by atoms with Gasteiger partial charge in [-0.3, -0.25) is 19.7 Å². The third-order valence-corrected chi connectivity index (χ3v) is 4.83. The molecule has 0 heterocycles. The number of primary amides is 1. The largest absolute Gasteiger partial charge is 0.377 e. The minimum atomic E-state index is -0.536. The first kappa shape index (κ1) is 19.3. The van der Waals surface area contributed by atoms with Crippen LogP contribution in [0, 0.1) is 10.1 Å². The number of nitrogens with zero attached hydrogens (tertiary/aromatic N) is 1. The first-order valence-electron chi connectivity index (χ1n) is 9.16. The molecule has 1 saturated carbocycles. The summed E-state index contributed by atoms with van der Waals surface area (Å²) in [5.74, 6) is -0.889. The van der Waals surface area contributed by atoms with E-state index in [9.17, 15) is 19.7 Å². The second kappa shape index (κ2) is 8.51. The number of anilines is 1. The van der Waals surface area contributed by atoms with Crippen molar-refractivity contribution in [1.82, 2.24) is 5.32 Å². The first-order valence-corrected chi connectivity index (χ1v) is 9.16. The molecule has 8 heteroatoms. The zero-order chi connectivity index (χ0) is 20.1. The highest BCUT2D eigenvalue weighted by molar-refractivity contribution is 5.96. The predicted octanol–water partition coefficient (Wildman–Crippen LogP) is 2.98. The summed E-state index contributed by atoms with van der Waals surface area (Å²) in [7, 11) is 0. The Balaban J connectivity index is 1.73. The molecule has 2 aromatic rings. The highest BCUT2D eigenvalue weighted by atomic mass is 16.6.